The van der Waals surface area contributed by atoms with Crippen molar-refractivity contribution in [3.8, 4) is 0 Å². The third-order valence-electron chi connectivity index (χ3n) is 2.56. The third-order valence-corrected chi connectivity index (χ3v) is 3.62. The number of carbonyl (C=O) groups is 1. The highest BCUT2D eigenvalue weighted by Gasteiger charge is 2.21. The van der Waals surface area contributed by atoms with Crippen molar-refractivity contribution in [1.29, 1.82) is 0 Å². The van der Waals surface area contributed by atoms with E-state index in [1.54, 1.807) is 23.3 Å². The lowest BCUT2D eigenvalue weighted by atomic mass is 10.1. The summed E-state index contributed by atoms with van der Waals surface area (Å²) in [5.41, 5.74) is 0. The first-order valence-corrected chi connectivity index (χ1v) is 6.39. The monoisotopic (exact) mass is 257 g/mol. The molecule has 1 N–H and O–H groups in total. The molecule has 0 spiro atoms. The average Bonchev–Trinajstić information content (AvgIpc) is 2.80. The zero-order chi connectivity index (χ0) is 12.8. The number of carbonyl (C=O) groups excluding carboxylic acids is 1. The lowest BCUT2D eigenvalue weighted by molar-refractivity contribution is -0.132. The number of nitrogens with zero attached hydrogens (tertiary/aromatic N) is 1. The van der Waals surface area contributed by atoms with Gasteiger partial charge in [0.15, 0.2) is 0 Å². The maximum absolute atomic E-state index is 12.1. The summed E-state index contributed by atoms with van der Waals surface area (Å²) < 4.78 is 4.83. The van der Waals surface area contributed by atoms with Gasteiger partial charge in [0.2, 0.25) is 5.91 Å². The molecular formula is C12H19NO3S. The fourth-order valence-electron chi connectivity index (χ4n) is 1.64. The summed E-state index contributed by atoms with van der Waals surface area (Å²) in [7, 11) is 3.23. The van der Waals surface area contributed by atoms with Crippen LogP contribution < -0.4 is 0 Å². The van der Waals surface area contributed by atoms with Crippen LogP contribution in [0.1, 0.15) is 17.7 Å². The van der Waals surface area contributed by atoms with Gasteiger partial charge < -0.3 is 14.7 Å². The second kappa shape index (κ2) is 6.74. The van der Waals surface area contributed by atoms with Crippen LogP contribution in [0.15, 0.2) is 17.5 Å². The molecule has 4 nitrogen and oxygen atoms in total. The van der Waals surface area contributed by atoms with Gasteiger partial charge in [-0.2, -0.15) is 0 Å². The molecule has 0 radical (unpaired) electrons. The Hall–Kier alpha value is -0.910. The number of methoxy groups -OCH3 is 1. The minimum absolute atomic E-state index is 0.0163. The van der Waals surface area contributed by atoms with Gasteiger partial charge in [0.25, 0.3) is 0 Å². The van der Waals surface area contributed by atoms with E-state index in [1.165, 1.54) is 7.11 Å². The van der Waals surface area contributed by atoms with Crippen LogP contribution in [-0.4, -0.2) is 49.3 Å². The zero-order valence-corrected chi connectivity index (χ0v) is 11.2. The lowest BCUT2D eigenvalue weighted by Gasteiger charge is -2.23. The van der Waals surface area contributed by atoms with Gasteiger partial charge in [-0.15, -0.1) is 11.3 Å². The standard InChI is InChI=1S/C12H19NO3S/c1-9(11-5-4-6-17-11)12(15)13(2)7-10(14)8-16-3/h4-6,9-10,14H,7-8H2,1-3H3/t9-,10+/m0/s1. The number of hydrogen-bond acceptors (Lipinski definition) is 4. The molecule has 0 unspecified atom stereocenters. The predicted molar refractivity (Wildman–Crippen MR) is 68.3 cm³/mol. The summed E-state index contributed by atoms with van der Waals surface area (Å²) in [6, 6.07) is 3.89. The Morgan fingerprint density at radius 2 is 2.35 bits per heavy atom. The van der Waals surface area contributed by atoms with Gasteiger partial charge in [0.05, 0.1) is 18.6 Å². The molecule has 5 heteroatoms. The van der Waals surface area contributed by atoms with Crippen molar-refractivity contribution in [3.05, 3.63) is 22.4 Å². The van der Waals surface area contributed by atoms with E-state index in [0.717, 1.165) is 4.88 Å². The van der Waals surface area contributed by atoms with E-state index in [1.807, 2.05) is 24.4 Å². The first kappa shape index (κ1) is 14.2. The second-order valence-corrected chi connectivity index (χ2v) is 5.04. The van der Waals surface area contributed by atoms with Crippen LogP contribution >= 0.6 is 11.3 Å². The van der Waals surface area contributed by atoms with Gasteiger partial charge in [-0.3, -0.25) is 4.79 Å². The molecule has 17 heavy (non-hydrogen) atoms. The first-order valence-electron chi connectivity index (χ1n) is 5.51. The van der Waals surface area contributed by atoms with Crippen molar-refractivity contribution in [1.82, 2.24) is 4.90 Å². The second-order valence-electron chi connectivity index (χ2n) is 4.07. The van der Waals surface area contributed by atoms with Gasteiger partial charge in [-0.1, -0.05) is 6.07 Å². The average molecular weight is 257 g/mol. The number of amides is 1. The molecule has 1 amide bonds. The van der Waals surface area contributed by atoms with Crippen molar-refractivity contribution in [2.24, 2.45) is 0 Å². The summed E-state index contributed by atoms with van der Waals surface area (Å²) in [5.74, 6) is -0.141. The van der Waals surface area contributed by atoms with Crippen molar-refractivity contribution in [2.75, 3.05) is 27.3 Å². The SMILES string of the molecule is COC[C@H](O)CN(C)C(=O)[C@@H](C)c1cccs1. The topological polar surface area (TPSA) is 49.8 Å². The van der Waals surface area contributed by atoms with Gasteiger partial charge in [-0.25, -0.2) is 0 Å². The highest BCUT2D eigenvalue weighted by atomic mass is 32.1. The number of aliphatic hydroxyl groups excluding tert-OH is 1. The van der Waals surface area contributed by atoms with E-state index in [4.69, 9.17) is 4.74 Å². The fourth-order valence-corrected chi connectivity index (χ4v) is 2.42. The van der Waals surface area contributed by atoms with Crippen LogP contribution in [0, 0.1) is 0 Å². The van der Waals surface area contributed by atoms with E-state index in [-0.39, 0.29) is 18.4 Å². The van der Waals surface area contributed by atoms with Crippen LogP contribution in [-0.2, 0) is 9.53 Å². The Bertz CT molecular complexity index is 340. The molecule has 0 aromatic carbocycles. The maximum Gasteiger partial charge on any atom is 0.230 e. The number of aliphatic hydroxyl groups is 1. The summed E-state index contributed by atoms with van der Waals surface area (Å²) in [6.45, 7) is 2.42. The normalized spacial score (nSPS) is 14.4. The molecule has 0 fully saturated rings. The molecule has 1 rings (SSSR count). The van der Waals surface area contributed by atoms with Crippen molar-refractivity contribution in [3.63, 3.8) is 0 Å². The quantitative estimate of drug-likeness (QED) is 0.836. The number of thiophene rings is 1. The summed E-state index contributed by atoms with van der Waals surface area (Å²) in [6.07, 6.45) is -0.635. The molecule has 1 aromatic rings. The summed E-state index contributed by atoms with van der Waals surface area (Å²) >= 11 is 1.57. The van der Waals surface area contributed by atoms with E-state index in [0.29, 0.717) is 6.54 Å². The zero-order valence-electron chi connectivity index (χ0n) is 10.4. The van der Waals surface area contributed by atoms with Crippen molar-refractivity contribution < 1.29 is 14.6 Å². The minimum Gasteiger partial charge on any atom is -0.389 e. The number of likely N-dealkylation sites (N-methyl/N-ethyl adjacent to an activating group) is 1. The highest BCUT2D eigenvalue weighted by molar-refractivity contribution is 7.10. The van der Waals surface area contributed by atoms with Gasteiger partial charge >= 0.3 is 0 Å². The smallest absolute Gasteiger partial charge is 0.230 e. The number of rotatable bonds is 6. The van der Waals surface area contributed by atoms with Crippen LogP contribution in [0.25, 0.3) is 0 Å². The lowest BCUT2D eigenvalue weighted by Crippen LogP contribution is -2.38. The highest BCUT2D eigenvalue weighted by Crippen LogP contribution is 2.22. The van der Waals surface area contributed by atoms with Crippen molar-refractivity contribution in [2.45, 2.75) is 18.9 Å². The van der Waals surface area contributed by atoms with Crippen LogP contribution in [0.3, 0.4) is 0 Å². The molecule has 0 saturated carbocycles. The van der Waals surface area contributed by atoms with E-state index >= 15 is 0 Å². The van der Waals surface area contributed by atoms with Crippen molar-refractivity contribution >= 4 is 17.2 Å². The molecule has 96 valence electrons. The Balaban J connectivity index is 2.52. The maximum atomic E-state index is 12.1. The fraction of sp³-hybridized carbons (Fsp3) is 0.583. The molecule has 0 bridgehead atoms. The number of ether oxygens (including phenoxy) is 1. The first-order chi connectivity index (χ1) is 8.06. The Morgan fingerprint density at radius 3 is 2.88 bits per heavy atom. The predicted octanol–water partition coefficient (Wildman–Crippen LogP) is 1.32. The molecule has 0 aliphatic heterocycles. The van der Waals surface area contributed by atoms with Crippen LogP contribution in [0.5, 0.6) is 0 Å². The largest absolute Gasteiger partial charge is 0.389 e. The molecule has 1 heterocycles. The minimum atomic E-state index is -0.635. The van der Waals surface area contributed by atoms with E-state index in [2.05, 4.69) is 0 Å². The van der Waals surface area contributed by atoms with Crippen LogP contribution in [0.2, 0.25) is 0 Å². The van der Waals surface area contributed by atoms with Gasteiger partial charge in [0.1, 0.15) is 0 Å². The Morgan fingerprint density at radius 1 is 1.65 bits per heavy atom. The van der Waals surface area contributed by atoms with Crippen LogP contribution in [0.4, 0.5) is 0 Å². The molecule has 0 saturated heterocycles. The molecule has 1 aromatic heterocycles. The summed E-state index contributed by atoms with van der Waals surface area (Å²) in [4.78, 5) is 14.7. The molecular weight excluding hydrogens is 238 g/mol. The summed E-state index contributed by atoms with van der Waals surface area (Å²) in [5, 5.41) is 11.5. The van der Waals surface area contributed by atoms with E-state index < -0.39 is 6.10 Å². The van der Waals surface area contributed by atoms with E-state index in [9.17, 15) is 9.90 Å². The van der Waals surface area contributed by atoms with Gasteiger partial charge in [0, 0.05) is 25.6 Å². The molecule has 0 aliphatic carbocycles. The third kappa shape index (κ3) is 4.11. The van der Waals surface area contributed by atoms with Gasteiger partial charge in [-0.05, 0) is 18.4 Å². The molecule has 2 atom stereocenters. The Labute approximate surface area is 106 Å². The Kier molecular flexibility index (Phi) is 5.61. The number of hydrogen-bond donors (Lipinski definition) is 1. The molecule has 0 aliphatic rings.